The predicted octanol–water partition coefficient (Wildman–Crippen LogP) is 4.66. The Morgan fingerprint density at radius 2 is 1.72 bits per heavy atom. The van der Waals surface area contributed by atoms with Gasteiger partial charge in [0.15, 0.2) is 11.6 Å². The van der Waals surface area contributed by atoms with Crippen molar-refractivity contribution in [2.75, 3.05) is 11.3 Å². The summed E-state index contributed by atoms with van der Waals surface area (Å²) in [6, 6.07) is 14.7. The zero-order valence-corrected chi connectivity index (χ0v) is 18.2. The first-order valence-corrected chi connectivity index (χ1v) is 11.3. The molecule has 0 heterocycles. The minimum atomic E-state index is -3.95. The molecule has 0 fully saturated rings. The van der Waals surface area contributed by atoms with Crippen LogP contribution in [-0.4, -0.2) is 20.9 Å². The van der Waals surface area contributed by atoms with Gasteiger partial charge in [0.2, 0.25) is 0 Å². The third-order valence-electron chi connectivity index (χ3n) is 4.62. The highest BCUT2D eigenvalue weighted by Crippen LogP contribution is 2.21. The highest BCUT2D eigenvalue weighted by atomic mass is 32.2. The number of ether oxygens (including phenoxy) is 1. The van der Waals surface area contributed by atoms with Gasteiger partial charge in [-0.1, -0.05) is 12.1 Å². The number of carbonyl (C=O) groups is 1. The van der Waals surface area contributed by atoms with Gasteiger partial charge in [-0.05, 0) is 74.0 Å². The van der Waals surface area contributed by atoms with Gasteiger partial charge < -0.3 is 10.1 Å². The van der Waals surface area contributed by atoms with Crippen LogP contribution in [0.3, 0.4) is 0 Å². The van der Waals surface area contributed by atoms with Gasteiger partial charge in [0.05, 0.1) is 17.5 Å². The molecule has 2 N–H and O–H groups in total. The summed E-state index contributed by atoms with van der Waals surface area (Å²) in [4.78, 5) is 12.5. The van der Waals surface area contributed by atoms with Crippen molar-refractivity contribution in [1.29, 1.82) is 0 Å². The van der Waals surface area contributed by atoms with Crippen LogP contribution in [0, 0.1) is 11.6 Å². The summed E-state index contributed by atoms with van der Waals surface area (Å²) in [6.07, 6.45) is 0. The molecule has 168 valence electrons. The molecule has 0 bridgehead atoms. The van der Waals surface area contributed by atoms with E-state index in [9.17, 15) is 22.0 Å². The molecular weight excluding hydrogens is 438 g/mol. The Hall–Kier alpha value is -3.46. The van der Waals surface area contributed by atoms with Crippen molar-refractivity contribution in [3.05, 3.63) is 89.5 Å². The van der Waals surface area contributed by atoms with E-state index in [-0.39, 0.29) is 10.5 Å². The number of anilines is 1. The van der Waals surface area contributed by atoms with Crippen LogP contribution in [-0.2, 0) is 10.0 Å². The van der Waals surface area contributed by atoms with Gasteiger partial charge in [-0.15, -0.1) is 0 Å². The number of hydrogen-bond acceptors (Lipinski definition) is 4. The van der Waals surface area contributed by atoms with E-state index in [4.69, 9.17) is 4.74 Å². The lowest BCUT2D eigenvalue weighted by Gasteiger charge is -2.15. The number of benzene rings is 3. The lowest BCUT2D eigenvalue weighted by atomic mass is 10.1. The van der Waals surface area contributed by atoms with Crippen LogP contribution in [0.4, 0.5) is 14.5 Å². The summed E-state index contributed by atoms with van der Waals surface area (Å²) in [5, 5.41) is 2.65. The van der Waals surface area contributed by atoms with Crippen LogP contribution in [0.2, 0.25) is 0 Å². The fraction of sp³-hybridized carbons (Fsp3) is 0.174. The van der Waals surface area contributed by atoms with Crippen LogP contribution < -0.4 is 14.8 Å². The minimum Gasteiger partial charge on any atom is -0.494 e. The first-order chi connectivity index (χ1) is 15.2. The van der Waals surface area contributed by atoms with Gasteiger partial charge in [0.25, 0.3) is 15.9 Å². The van der Waals surface area contributed by atoms with E-state index in [1.807, 2.05) is 6.92 Å². The maximum absolute atomic E-state index is 13.5. The van der Waals surface area contributed by atoms with Gasteiger partial charge in [-0.3, -0.25) is 9.52 Å². The Morgan fingerprint density at radius 1 is 1.00 bits per heavy atom. The summed E-state index contributed by atoms with van der Waals surface area (Å²) < 4.78 is 59.9. The zero-order chi connectivity index (χ0) is 23.3. The van der Waals surface area contributed by atoms with Crippen LogP contribution in [0.15, 0.2) is 71.6 Å². The number of nitrogens with one attached hydrogen (secondary N) is 2. The average Bonchev–Trinajstić information content (AvgIpc) is 2.77. The maximum atomic E-state index is 13.5. The number of carbonyl (C=O) groups excluding carboxylic acids is 1. The topological polar surface area (TPSA) is 84.5 Å². The summed E-state index contributed by atoms with van der Waals surface area (Å²) >= 11 is 0. The lowest BCUT2D eigenvalue weighted by Crippen LogP contribution is -2.27. The molecule has 32 heavy (non-hydrogen) atoms. The van der Waals surface area contributed by atoms with E-state index in [1.54, 1.807) is 31.2 Å². The van der Waals surface area contributed by atoms with Crippen molar-refractivity contribution < 1.29 is 26.7 Å². The molecule has 0 spiro atoms. The molecule has 0 aliphatic heterocycles. The molecule has 0 aliphatic rings. The van der Waals surface area contributed by atoms with E-state index in [0.717, 1.165) is 12.1 Å². The SMILES string of the molecule is CCOc1ccc(NS(=O)(=O)c2cccc(C(=O)NC(C)c3ccc(F)c(F)c3)c2)cc1. The molecule has 3 aromatic rings. The van der Waals surface area contributed by atoms with Crippen molar-refractivity contribution in [2.24, 2.45) is 0 Å². The van der Waals surface area contributed by atoms with E-state index in [1.165, 1.54) is 30.3 Å². The van der Waals surface area contributed by atoms with Gasteiger partial charge in [-0.2, -0.15) is 0 Å². The first kappa shape index (κ1) is 23.2. The van der Waals surface area contributed by atoms with Crippen molar-refractivity contribution in [2.45, 2.75) is 24.8 Å². The summed E-state index contributed by atoms with van der Waals surface area (Å²) in [5.74, 6) is -1.94. The number of rotatable bonds is 8. The molecule has 3 aromatic carbocycles. The standard InChI is InChI=1S/C23H22F2N2O4S/c1-3-31-19-10-8-18(9-11-19)27-32(29,30)20-6-4-5-17(13-20)23(28)26-15(2)16-7-12-21(24)22(25)14-16/h4-15,27H,3H2,1-2H3,(H,26,28). The van der Waals surface area contributed by atoms with Crippen molar-refractivity contribution >= 4 is 21.6 Å². The third kappa shape index (κ3) is 5.61. The van der Waals surface area contributed by atoms with Gasteiger partial charge in [0, 0.05) is 11.3 Å². The van der Waals surface area contributed by atoms with Crippen LogP contribution >= 0.6 is 0 Å². The van der Waals surface area contributed by atoms with Gasteiger partial charge in [-0.25, -0.2) is 17.2 Å². The Kier molecular flexibility index (Phi) is 7.09. The predicted molar refractivity (Wildman–Crippen MR) is 117 cm³/mol. The number of halogens is 2. The molecule has 1 unspecified atom stereocenters. The van der Waals surface area contributed by atoms with Gasteiger partial charge >= 0.3 is 0 Å². The molecule has 1 amide bonds. The molecule has 0 saturated carbocycles. The summed E-state index contributed by atoms with van der Waals surface area (Å²) in [5.41, 5.74) is 0.822. The molecule has 0 saturated heterocycles. The Balaban J connectivity index is 1.74. The van der Waals surface area contributed by atoms with Crippen molar-refractivity contribution in [3.63, 3.8) is 0 Å². The maximum Gasteiger partial charge on any atom is 0.261 e. The van der Waals surface area contributed by atoms with E-state index >= 15 is 0 Å². The third-order valence-corrected chi connectivity index (χ3v) is 5.99. The number of sulfonamides is 1. The average molecular weight is 461 g/mol. The Labute approximate surface area is 185 Å². The highest BCUT2D eigenvalue weighted by molar-refractivity contribution is 7.92. The lowest BCUT2D eigenvalue weighted by molar-refractivity contribution is 0.0939. The van der Waals surface area contributed by atoms with Crippen LogP contribution in [0.25, 0.3) is 0 Å². The quantitative estimate of drug-likeness (QED) is 0.512. The Morgan fingerprint density at radius 3 is 2.38 bits per heavy atom. The molecule has 1 atom stereocenters. The van der Waals surface area contributed by atoms with Crippen LogP contribution in [0.5, 0.6) is 5.75 Å². The monoisotopic (exact) mass is 460 g/mol. The summed E-state index contributed by atoms with van der Waals surface area (Å²) in [6.45, 7) is 3.95. The molecule has 6 nitrogen and oxygen atoms in total. The molecule has 0 aliphatic carbocycles. The number of amides is 1. The summed E-state index contributed by atoms with van der Waals surface area (Å²) in [7, 11) is -3.95. The first-order valence-electron chi connectivity index (χ1n) is 9.81. The van der Waals surface area contributed by atoms with Crippen LogP contribution in [0.1, 0.15) is 35.8 Å². The second-order valence-electron chi connectivity index (χ2n) is 6.96. The minimum absolute atomic E-state index is 0.0977. The Bertz CT molecular complexity index is 1210. The molecular formula is C23H22F2N2O4S. The smallest absolute Gasteiger partial charge is 0.261 e. The second-order valence-corrected chi connectivity index (χ2v) is 8.64. The second kappa shape index (κ2) is 9.78. The van der Waals surface area contributed by atoms with E-state index in [2.05, 4.69) is 10.0 Å². The zero-order valence-electron chi connectivity index (χ0n) is 17.4. The van der Waals surface area contributed by atoms with Crippen molar-refractivity contribution in [3.8, 4) is 5.75 Å². The largest absolute Gasteiger partial charge is 0.494 e. The molecule has 9 heteroatoms. The normalized spacial score (nSPS) is 12.1. The highest BCUT2D eigenvalue weighted by Gasteiger charge is 2.18. The van der Waals surface area contributed by atoms with Gasteiger partial charge in [0.1, 0.15) is 5.75 Å². The fourth-order valence-electron chi connectivity index (χ4n) is 2.95. The fourth-order valence-corrected chi connectivity index (χ4v) is 4.05. The molecule has 0 radical (unpaired) electrons. The molecule has 0 aromatic heterocycles. The van der Waals surface area contributed by atoms with Crippen molar-refractivity contribution in [1.82, 2.24) is 5.32 Å². The molecule has 3 rings (SSSR count). The van der Waals surface area contributed by atoms with E-state index in [0.29, 0.717) is 23.6 Å². The number of hydrogen-bond donors (Lipinski definition) is 2. The van der Waals surface area contributed by atoms with E-state index < -0.39 is 33.6 Å².